The quantitative estimate of drug-likeness (QED) is 0.680. The first kappa shape index (κ1) is 15.2. The molecule has 0 bridgehead atoms. The van der Waals surface area contributed by atoms with Gasteiger partial charge in [-0.15, -0.1) is 0 Å². The second-order valence-corrected chi connectivity index (χ2v) is 5.49. The Kier molecular flexibility index (Phi) is 5.80. The second kappa shape index (κ2) is 6.89. The summed E-state index contributed by atoms with van der Waals surface area (Å²) in [7, 11) is -1.75. The number of aryl methyl sites for hydroxylation is 1. The Morgan fingerprint density at radius 2 is 2.17 bits per heavy atom. The fraction of sp³-hybridized carbons (Fsp3) is 0.636. The van der Waals surface area contributed by atoms with Gasteiger partial charge in [0.15, 0.2) is 0 Å². The van der Waals surface area contributed by atoms with Gasteiger partial charge in [0.05, 0.1) is 13.2 Å². The van der Waals surface area contributed by atoms with Crippen LogP contribution in [0.25, 0.3) is 0 Å². The van der Waals surface area contributed by atoms with Gasteiger partial charge in [0.25, 0.3) is 0 Å². The van der Waals surface area contributed by atoms with Gasteiger partial charge < -0.3 is 14.5 Å². The van der Waals surface area contributed by atoms with Gasteiger partial charge in [-0.05, 0) is 20.9 Å². The number of rotatable bonds is 8. The van der Waals surface area contributed by atoms with Gasteiger partial charge in [0.1, 0.15) is 16.4 Å². The van der Waals surface area contributed by atoms with Gasteiger partial charge in [0.2, 0.25) is 10.0 Å². The monoisotopic (exact) mass is 276 g/mol. The van der Waals surface area contributed by atoms with Crippen LogP contribution >= 0.6 is 0 Å². The van der Waals surface area contributed by atoms with Crippen molar-refractivity contribution in [2.45, 2.75) is 25.3 Å². The number of sulfonamides is 1. The Bertz CT molecular complexity index is 467. The first-order valence-electron chi connectivity index (χ1n) is 5.82. The average molecular weight is 276 g/mol. The van der Waals surface area contributed by atoms with E-state index in [1.54, 1.807) is 14.0 Å². The van der Waals surface area contributed by atoms with Crippen LogP contribution in [0.1, 0.15) is 18.4 Å². The molecule has 104 valence electrons. The third-order valence-corrected chi connectivity index (χ3v) is 3.87. The van der Waals surface area contributed by atoms with Crippen LogP contribution in [-0.2, 0) is 21.3 Å². The van der Waals surface area contributed by atoms with Crippen LogP contribution < -0.4 is 10.0 Å². The summed E-state index contributed by atoms with van der Waals surface area (Å²) >= 11 is 0. The summed E-state index contributed by atoms with van der Waals surface area (Å²) in [4.78, 5) is 0.184. The minimum Gasteiger partial charge on any atom is -0.464 e. The molecule has 0 atom stereocenters. The fourth-order valence-electron chi connectivity index (χ4n) is 1.52. The molecule has 1 rings (SSSR count). The molecule has 0 aromatic carbocycles. The van der Waals surface area contributed by atoms with Crippen LogP contribution in [0.15, 0.2) is 15.4 Å². The van der Waals surface area contributed by atoms with E-state index in [1.165, 1.54) is 6.07 Å². The summed E-state index contributed by atoms with van der Waals surface area (Å²) in [6, 6.07) is 1.54. The number of hydrogen-bond acceptors (Lipinski definition) is 5. The highest BCUT2D eigenvalue weighted by molar-refractivity contribution is 7.89. The van der Waals surface area contributed by atoms with E-state index in [0.717, 1.165) is 0 Å². The predicted octanol–water partition coefficient (Wildman–Crippen LogP) is 0.622. The van der Waals surface area contributed by atoms with Crippen molar-refractivity contribution in [3.63, 3.8) is 0 Å². The van der Waals surface area contributed by atoms with Crippen molar-refractivity contribution in [2.24, 2.45) is 0 Å². The molecule has 7 heteroatoms. The van der Waals surface area contributed by atoms with Gasteiger partial charge in [0, 0.05) is 19.2 Å². The van der Waals surface area contributed by atoms with E-state index in [2.05, 4.69) is 10.0 Å². The Morgan fingerprint density at radius 3 is 2.78 bits per heavy atom. The van der Waals surface area contributed by atoms with Crippen LogP contribution in [0, 0.1) is 6.92 Å². The van der Waals surface area contributed by atoms with E-state index in [4.69, 9.17) is 9.15 Å². The number of hydrogen-bond donors (Lipinski definition) is 2. The van der Waals surface area contributed by atoms with Crippen molar-refractivity contribution in [1.29, 1.82) is 0 Å². The van der Waals surface area contributed by atoms with Gasteiger partial charge >= 0.3 is 0 Å². The maximum Gasteiger partial charge on any atom is 0.244 e. The molecule has 18 heavy (non-hydrogen) atoms. The molecule has 1 heterocycles. The second-order valence-electron chi connectivity index (χ2n) is 3.76. The van der Waals surface area contributed by atoms with Crippen molar-refractivity contribution in [1.82, 2.24) is 10.0 Å². The first-order valence-corrected chi connectivity index (χ1v) is 7.31. The van der Waals surface area contributed by atoms with Crippen molar-refractivity contribution in [2.75, 3.05) is 26.8 Å². The van der Waals surface area contributed by atoms with E-state index in [9.17, 15) is 8.42 Å². The van der Waals surface area contributed by atoms with E-state index in [0.29, 0.717) is 31.3 Å². The van der Waals surface area contributed by atoms with Crippen molar-refractivity contribution in [3.8, 4) is 0 Å². The molecule has 1 aromatic rings. The fourth-order valence-corrected chi connectivity index (χ4v) is 2.74. The molecular formula is C11H20N2O4S. The van der Waals surface area contributed by atoms with Crippen molar-refractivity contribution < 1.29 is 17.6 Å². The lowest BCUT2D eigenvalue weighted by molar-refractivity contribution is 0.153. The maximum atomic E-state index is 12.0. The molecule has 6 nitrogen and oxygen atoms in total. The van der Waals surface area contributed by atoms with Crippen LogP contribution in [0.4, 0.5) is 0 Å². The summed E-state index contributed by atoms with van der Waals surface area (Å²) in [5.74, 6) is 0.990. The molecule has 0 aliphatic rings. The molecule has 0 amide bonds. The predicted molar refractivity (Wildman–Crippen MR) is 67.9 cm³/mol. The highest BCUT2D eigenvalue weighted by Gasteiger charge is 2.20. The third kappa shape index (κ3) is 4.09. The maximum absolute atomic E-state index is 12.0. The zero-order chi connectivity index (χ0) is 13.6. The summed E-state index contributed by atoms with van der Waals surface area (Å²) in [6.07, 6.45) is 0. The van der Waals surface area contributed by atoms with E-state index >= 15 is 0 Å². The number of furan rings is 1. The third-order valence-electron chi connectivity index (χ3n) is 2.31. The van der Waals surface area contributed by atoms with Crippen LogP contribution in [0.3, 0.4) is 0 Å². The van der Waals surface area contributed by atoms with Gasteiger partial charge in [-0.25, -0.2) is 13.1 Å². The number of ether oxygens (including phenoxy) is 1. The molecule has 1 aromatic heterocycles. The average Bonchev–Trinajstić information content (AvgIpc) is 2.67. The van der Waals surface area contributed by atoms with E-state index in [1.807, 2.05) is 6.92 Å². The molecule has 2 N–H and O–H groups in total. The summed E-state index contributed by atoms with van der Waals surface area (Å²) in [5.41, 5.74) is 0. The highest BCUT2D eigenvalue weighted by atomic mass is 32.2. The smallest absolute Gasteiger partial charge is 0.244 e. The highest BCUT2D eigenvalue weighted by Crippen LogP contribution is 2.19. The molecule has 0 aliphatic heterocycles. The van der Waals surface area contributed by atoms with Crippen LogP contribution in [-0.4, -0.2) is 35.2 Å². The lowest BCUT2D eigenvalue weighted by Gasteiger charge is -2.05. The Labute approximate surface area is 108 Å². The zero-order valence-electron chi connectivity index (χ0n) is 10.9. The largest absolute Gasteiger partial charge is 0.464 e. The molecule has 0 fully saturated rings. The molecule has 0 saturated carbocycles. The number of nitrogens with one attached hydrogen (secondary N) is 2. The van der Waals surface area contributed by atoms with Crippen LogP contribution in [0.2, 0.25) is 0 Å². The first-order chi connectivity index (χ1) is 8.51. The standard InChI is InChI=1S/C11H20N2O4S/c1-4-16-6-5-13-18(14,15)11-7-10(8-12-3)17-9(11)2/h7,12-13H,4-6,8H2,1-3H3. The van der Waals surface area contributed by atoms with Gasteiger partial charge in [-0.2, -0.15) is 0 Å². The summed E-state index contributed by atoms with van der Waals surface area (Å²) < 4.78 is 36.9. The molecular weight excluding hydrogens is 256 g/mol. The zero-order valence-corrected chi connectivity index (χ0v) is 11.8. The molecule has 0 radical (unpaired) electrons. The summed E-state index contributed by atoms with van der Waals surface area (Å²) in [6.45, 7) is 5.17. The lowest BCUT2D eigenvalue weighted by Crippen LogP contribution is -2.27. The normalized spacial score (nSPS) is 11.9. The molecule has 0 spiro atoms. The van der Waals surface area contributed by atoms with Crippen molar-refractivity contribution in [3.05, 3.63) is 17.6 Å². The SMILES string of the molecule is CCOCCNS(=O)(=O)c1cc(CNC)oc1C. The minimum atomic E-state index is -3.52. The molecule has 0 saturated heterocycles. The van der Waals surface area contributed by atoms with E-state index in [-0.39, 0.29) is 11.4 Å². The Hall–Kier alpha value is -0.890. The van der Waals surface area contributed by atoms with Crippen LogP contribution in [0.5, 0.6) is 0 Å². The molecule has 0 unspecified atom stereocenters. The van der Waals surface area contributed by atoms with Crippen molar-refractivity contribution >= 4 is 10.0 Å². The Morgan fingerprint density at radius 1 is 1.44 bits per heavy atom. The topological polar surface area (TPSA) is 80.6 Å². The summed E-state index contributed by atoms with van der Waals surface area (Å²) in [5, 5.41) is 2.91. The Balaban J connectivity index is 2.72. The minimum absolute atomic E-state index is 0.184. The van der Waals surface area contributed by atoms with E-state index < -0.39 is 10.0 Å². The lowest BCUT2D eigenvalue weighted by atomic mass is 10.4. The van der Waals surface area contributed by atoms with Gasteiger partial charge in [-0.3, -0.25) is 0 Å². The van der Waals surface area contributed by atoms with Gasteiger partial charge in [-0.1, -0.05) is 0 Å². The molecule has 0 aliphatic carbocycles.